The first kappa shape index (κ1) is 18.8. The Hall–Kier alpha value is -4.51. The van der Waals surface area contributed by atoms with E-state index in [-0.39, 0.29) is 11.5 Å². The fraction of sp³-hybridized carbons (Fsp3) is 0. The SMILES string of the molecule is N#Cc1cccc(NC(=O)c2nc(C(=O)Nc3ccc(F)cc3)n3ccccc23)c1. The summed E-state index contributed by atoms with van der Waals surface area (Å²) in [5.41, 5.74) is 1.74. The van der Waals surface area contributed by atoms with E-state index in [9.17, 15) is 14.0 Å². The Morgan fingerprint density at radius 2 is 1.70 bits per heavy atom. The van der Waals surface area contributed by atoms with Gasteiger partial charge < -0.3 is 10.6 Å². The van der Waals surface area contributed by atoms with Crippen LogP contribution in [0.25, 0.3) is 5.52 Å². The Labute approximate surface area is 170 Å². The number of anilines is 2. The molecule has 8 heteroatoms. The third kappa shape index (κ3) is 3.72. The summed E-state index contributed by atoms with van der Waals surface area (Å²) < 4.78 is 14.6. The molecule has 0 saturated heterocycles. The Morgan fingerprint density at radius 3 is 2.47 bits per heavy atom. The van der Waals surface area contributed by atoms with Crippen molar-refractivity contribution >= 4 is 28.7 Å². The van der Waals surface area contributed by atoms with Gasteiger partial charge in [-0.15, -0.1) is 0 Å². The van der Waals surface area contributed by atoms with Crippen molar-refractivity contribution in [3.8, 4) is 6.07 Å². The van der Waals surface area contributed by atoms with Crippen molar-refractivity contribution in [3.05, 3.63) is 95.8 Å². The lowest BCUT2D eigenvalue weighted by Gasteiger charge is -2.04. The van der Waals surface area contributed by atoms with Crippen LogP contribution in [0.1, 0.15) is 26.7 Å². The van der Waals surface area contributed by atoms with Crippen LogP contribution >= 0.6 is 0 Å². The molecule has 0 atom stereocenters. The fourth-order valence-electron chi connectivity index (χ4n) is 2.94. The van der Waals surface area contributed by atoms with Crippen molar-refractivity contribution in [2.75, 3.05) is 10.6 Å². The third-order valence-corrected chi connectivity index (χ3v) is 4.32. The van der Waals surface area contributed by atoms with Gasteiger partial charge in [0, 0.05) is 17.6 Å². The van der Waals surface area contributed by atoms with Gasteiger partial charge in [0.2, 0.25) is 5.82 Å². The van der Waals surface area contributed by atoms with Gasteiger partial charge in [-0.05, 0) is 54.6 Å². The van der Waals surface area contributed by atoms with Crippen molar-refractivity contribution in [1.29, 1.82) is 5.26 Å². The number of imidazole rings is 1. The van der Waals surface area contributed by atoms with Crippen molar-refractivity contribution < 1.29 is 14.0 Å². The zero-order valence-electron chi connectivity index (χ0n) is 15.5. The number of aromatic nitrogens is 2. The molecule has 0 spiro atoms. The Bertz CT molecular complexity index is 1310. The topological polar surface area (TPSA) is 99.3 Å². The van der Waals surface area contributed by atoms with Gasteiger partial charge in [0.1, 0.15) is 5.82 Å². The van der Waals surface area contributed by atoms with Gasteiger partial charge in [-0.2, -0.15) is 5.26 Å². The predicted molar refractivity (Wildman–Crippen MR) is 109 cm³/mol. The maximum Gasteiger partial charge on any atom is 0.292 e. The summed E-state index contributed by atoms with van der Waals surface area (Å²) in [4.78, 5) is 29.8. The van der Waals surface area contributed by atoms with E-state index in [1.165, 1.54) is 28.7 Å². The van der Waals surface area contributed by atoms with E-state index < -0.39 is 17.6 Å². The second-order valence-electron chi connectivity index (χ2n) is 6.35. The first-order chi connectivity index (χ1) is 14.5. The van der Waals surface area contributed by atoms with Gasteiger partial charge >= 0.3 is 0 Å². The summed E-state index contributed by atoms with van der Waals surface area (Å²) in [6.45, 7) is 0. The van der Waals surface area contributed by atoms with Crippen LogP contribution in [0.4, 0.5) is 15.8 Å². The number of hydrogen-bond acceptors (Lipinski definition) is 4. The number of hydrogen-bond donors (Lipinski definition) is 2. The van der Waals surface area contributed by atoms with E-state index >= 15 is 0 Å². The van der Waals surface area contributed by atoms with Crippen LogP contribution in [0.3, 0.4) is 0 Å². The second kappa shape index (κ2) is 7.85. The average Bonchev–Trinajstić information content (AvgIpc) is 3.15. The molecule has 0 saturated carbocycles. The zero-order chi connectivity index (χ0) is 21.1. The maximum atomic E-state index is 13.1. The molecule has 0 unspecified atom stereocenters. The van der Waals surface area contributed by atoms with E-state index in [0.29, 0.717) is 22.5 Å². The predicted octanol–water partition coefficient (Wildman–Crippen LogP) is 3.85. The summed E-state index contributed by atoms with van der Waals surface area (Å²) in [5, 5.41) is 14.3. The number of carbonyl (C=O) groups excluding carboxylic acids is 2. The number of rotatable bonds is 4. The molecular weight excluding hydrogens is 385 g/mol. The highest BCUT2D eigenvalue weighted by Crippen LogP contribution is 2.18. The van der Waals surface area contributed by atoms with Gasteiger partial charge in [0.25, 0.3) is 11.8 Å². The standard InChI is InChI=1S/C22H14FN5O2/c23-15-7-9-16(10-8-15)25-22(30)20-27-19(18-6-1-2-11-28(18)20)21(29)26-17-5-3-4-14(12-17)13-24/h1-12H,(H,25,30)(H,26,29). The number of fused-ring (bicyclic) bond motifs is 1. The number of carbonyl (C=O) groups is 2. The number of pyridine rings is 1. The van der Waals surface area contributed by atoms with E-state index in [1.54, 1.807) is 48.7 Å². The summed E-state index contributed by atoms with van der Waals surface area (Å²) >= 11 is 0. The molecule has 2 aromatic heterocycles. The molecule has 146 valence electrons. The van der Waals surface area contributed by atoms with Gasteiger partial charge in [0.15, 0.2) is 5.69 Å². The van der Waals surface area contributed by atoms with Crippen LogP contribution in [0.15, 0.2) is 72.9 Å². The van der Waals surface area contributed by atoms with E-state index in [1.807, 2.05) is 6.07 Å². The second-order valence-corrected chi connectivity index (χ2v) is 6.35. The van der Waals surface area contributed by atoms with Crippen LogP contribution in [0, 0.1) is 17.1 Å². The van der Waals surface area contributed by atoms with Crippen LogP contribution in [0.5, 0.6) is 0 Å². The van der Waals surface area contributed by atoms with E-state index in [0.717, 1.165) is 0 Å². The Kier molecular flexibility index (Phi) is 4.93. The molecule has 4 aromatic rings. The smallest absolute Gasteiger partial charge is 0.292 e. The number of halogens is 1. The highest BCUT2D eigenvalue weighted by molar-refractivity contribution is 6.10. The molecular formula is C22H14FN5O2. The lowest BCUT2D eigenvalue weighted by atomic mass is 10.2. The fourth-order valence-corrected chi connectivity index (χ4v) is 2.94. The minimum absolute atomic E-state index is 0.00542. The lowest BCUT2D eigenvalue weighted by Crippen LogP contribution is -2.16. The Morgan fingerprint density at radius 1 is 0.933 bits per heavy atom. The lowest BCUT2D eigenvalue weighted by molar-refractivity contribution is 0.101. The molecule has 0 fully saturated rings. The number of benzene rings is 2. The van der Waals surface area contributed by atoms with Crippen molar-refractivity contribution in [1.82, 2.24) is 9.38 Å². The highest BCUT2D eigenvalue weighted by Gasteiger charge is 2.21. The highest BCUT2D eigenvalue weighted by atomic mass is 19.1. The molecule has 0 bridgehead atoms. The minimum Gasteiger partial charge on any atom is -0.321 e. The number of amides is 2. The molecule has 7 nitrogen and oxygen atoms in total. The number of nitriles is 1. The summed E-state index contributed by atoms with van der Waals surface area (Å²) in [5.74, 6) is -1.48. The van der Waals surface area contributed by atoms with Gasteiger partial charge in [-0.1, -0.05) is 12.1 Å². The van der Waals surface area contributed by atoms with Crippen molar-refractivity contribution in [2.45, 2.75) is 0 Å². The molecule has 30 heavy (non-hydrogen) atoms. The van der Waals surface area contributed by atoms with Crippen LogP contribution < -0.4 is 10.6 Å². The first-order valence-electron chi connectivity index (χ1n) is 8.90. The van der Waals surface area contributed by atoms with Gasteiger partial charge in [-0.25, -0.2) is 9.37 Å². The largest absolute Gasteiger partial charge is 0.321 e. The summed E-state index contributed by atoms with van der Waals surface area (Å²) in [7, 11) is 0. The van der Waals surface area contributed by atoms with Crippen molar-refractivity contribution in [3.63, 3.8) is 0 Å². The normalized spacial score (nSPS) is 10.4. The quantitative estimate of drug-likeness (QED) is 0.544. The molecule has 2 amide bonds. The Balaban J connectivity index is 1.66. The molecule has 0 aliphatic carbocycles. The molecule has 0 radical (unpaired) electrons. The van der Waals surface area contributed by atoms with E-state index in [2.05, 4.69) is 15.6 Å². The number of nitrogens with one attached hydrogen (secondary N) is 2. The summed E-state index contributed by atoms with van der Waals surface area (Å²) in [6.07, 6.45) is 1.62. The average molecular weight is 399 g/mol. The van der Waals surface area contributed by atoms with Crippen LogP contribution in [-0.2, 0) is 0 Å². The zero-order valence-corrected chi connectivity index (χ0v) is 15.5. The molecule has 0 aliphatic rings. The minimum atomic E-state index is -0.548. The van der Waals surface area contributed by atoms with E-state index in [4.69, 9.17) is 5.26 Å². The van der Waals surface area contributed by atoms with Crippen molar-refractivity contribution in [2.24, 2.45) is 0 Å². The number of nitrogens with zero attached hydrogens (tertiary/aromatic N) is 3. The van der Waals surface area contributed by atoms with Gasteiger partial charge in [-0.3, -0.25) is 14.0 Å². The maximum absolute atomic E-state index is 13.1. The molecule has 2 N–H and O–H groups in total. The summed E-state index contributed by atoms with van der Waals surface area (Å²) in [6, 6.07) is 18.9. The first-order valence-corrected chi connectivity index (χ1v) is 8.90. The molecule has 0 aliphatic heterocycles. The molecule has 2 aromatic carbocycles. The molecule has 2 heterocycles. The monoisotopic (exact) mass is 399 g/mol. The molecule has 4 rings (SSSR count). The van der Waals surface area contributed by atoms with Crippen LogP contribution in [-0.4, -0.2) is 21.2 Å². The van der Waals surface area contributed by atoms with Crippen LogP contribution in [0.2, 0.25) is 0 Å². The third-order valence-electron chi connectivity index (χ3n) is 4.32. The van der Waals surface area contributed by atoms with Gasteiger partial charge in [0.05, 0.1) is 17.1 Å².